The zero-order valence-corrected chi connectivity index (χ0v) is 17.5. The van der Waals surface area contributed by atoms with Crippen molar-refractivity contribution in [2.45, 2.75) is 58.4 Å². The molecule has 142 valence electrons. The first-order chi connectivity index (χ1) is 11.5. The lowest BCUT2D eigenvalue weighted by atomic mass is 9.96. The van der Waals surface area contributed by atoms with E-state index in [1.54, 1.807) is 6.07 Å². The molecule has 0 spiro atoms. The first-order valence-electron chi connectivity index (χ1n) is 8.92. The highest BCUT2D eigenvalue weighted by atomic mass is 28.4. The fourth-order valence-electron chi connectivity index (χ4n) is 2.97. The minimum atomic E-state index is -1.84. The molecule has 1 aromatic rings. The van der Waals surface area contributed by atoms with Crippen molar-refractivity contribution in [3.05, 3.63) is 23.8 Å². The van der Waals surface area contributed by atoms with E-state index in [9.17, 15) is 8.78 Å². The second-order valence-corrected chi connectivity index (χ2v) is 13.3. The number of rotatable bonds is 4. The van der Waals surface area contributed by atoms with Gasteiger partial charge in [-0.15, -0.1) is 0 Å². The summed E-state index contributed by atoms with van der Waals surface area (Å²) in [4.78, 5) is 1.90. The summed E-state index contributed by atoms with van der Waals surface area (Å²) in [5.41, 5.74) is 0.273. The van der Waals surface area contributed by atoms with E-state index < -0.39 is 20.0 Å². The molecule has 1 aliphatic heterocycles. The second kappa shape index (κ2) is 7.23. The molecule has 0 saturated carbocycles. The van der Waals surface area contributed by atoms with Crippen LogP contribution in [-0.2, 0) is 4.43 Å². The number of hydrogen-bond acceptors (Lipinski definition) is 3. The van der Waals surface area contributed by atoms with Gasteiger partial charge in [0, 0.05) is 25.2 Å². The second-order valence-electron chi connectivity index (χ2n) is 8.57. The molecule has 1 fully saturated rings. The fraction of sp³-hybridized carbons (Fsp3) is 0.684. The molecular formula is C19H31F2NO2Si. The van der Waals surface area contributed by atoms with E-state index in [1.165, 1.54) is 7.11 Å². The van der Waals surface area contributed by atoms with Crippen molar-refractivity contribution >= 4 is 14.0 Å². The Morgan fingerprint density at radius 2 is 1.84 bits per heavy atom. The number of methoxy groups -OCH3 is 1. The van der Waals surface area contributed by atoms with Crippen molar-refractivity contribution in [1.29, 1.82) is 0 Å². The van der Waals surface area contributed by atoms with Crippen molar-refractivity contribution in [2.24, 2.45) is 5.92 Å². The van der Waals surface area contributed by atoms with Gasteiger partial charge in [0.15, 0.2) is 20.0 Å². The molecular weight excluding hydrogens is 340 g/mol. The molecule has 1 heterocycles. The molecule has 2 rings (SSSR count). The summed E-state index contributed by atoms with van der Waals surface area (Å²) < 4.78 is 39.7. The highest BCUT2D eigenvalue weighted by molar-refractivity contribution is 6.74. The highest BCUT2D eigenvalue weighted by Gasteiger charge is 2.41. The maximum atomic E-state index is 14.3. The number of ether oxygens (including phenoxy) is 1. The summed E-state index contributed by atoms with van der Waals surface area (Å²) >= 11 is 0. The molecule has 6 heteroatoms. The van der Waals surface area contributed by atoms with E-state index in [-0.39, 0.29) is 22.7 Å². The SMILES string of the molecule is COc1cc(F)c(F)c(N2CC[C@@H](O[Si](C)(C)C(C)(C)C)[C@@H](C)C2)c1. The fourth-order valence-corrected chi connectivity index (χ4v) is 4.43. The van der Waals surface area contributed by atoms with E-state index >= 15 is 0 Å². The number of benzene rings is 1. The Bertz CT molecular complexity index is 616. The Morgan fingerprint density at radius 1 is 1.20 bits per heavy atom. The standard InChI is InChI=1S/C19H31F2NO2Si/c1-13-12-22(16-11-14(23-5)10-15(20)18(16)21)9-8-17(13)24-25(6,7)19(2,3)4/h10-11,13,17H,8-9,12H2,1-7H3/t13-,17+/m0/s1. The quantitative estimate of drug-likeness (QED) is 0.678. The minimum absolute atomic E-state index is 0.159. The van der Waals surface area contributed by atoms with Crippen LogP contribution in [0.2, 0.25) is 18.1 Å². The lowest BCUT2D eigenvalue weighted by Crippen LogP contribution is -2.50. The van der Waals surface area contributed by atoms with Crippen molar-refractivity contribution in [3.8, 4) is 5.75 Å². The summed E-state index contributed by atoms with van der Waals surface area (Å²) in [6.45, 7) is 14.6. The Labute approximate surface area is 151 Å². The predicted octanol–water partition coefficient (Wildman–Crippen LogP) is 5.21. The van der Waals surface area contributed by atoms with Gasteiger partial charge in [-0.3, -0.25) is 0 Å². The van der Waals surface area contributed by atoms with Gasteiger partial charge in [-0.25, -0.2) is 8.78 Å². The van der Waals surface area contributed by atoms with Crippen molar-refractivity contribution in [2.75, 3.05) is 25.1 Å². The minimum Gasteiger partial charge on any atom is -0.497 e. The van der Waals surface area contributed by atoms with Crippen molar-refractivity contribution in [3.63, 3.8) is 0 Å². The van der Waals surface area contributed by atoms with Gasteiger partial charge in [0.25, 0.3) is 0 Å². The van der Waals surface area contributed by atoms with Crippen molar-refractivity contribution < 1.29 is 17.9 Å². The van der Waals surface area contributed by atoms with Gasteiger partial charge in [-0.2, -0.15) is 0 Å². The monoisotopic (exact) mass is 371 g/mol. The van der Waals surface area contributed by atoms with Crippen LogP contribution in [0.4, 0.5) is 14.5 Å². The van der Waals surface area contributed by atoms with Crippen LogP contribution >= 0.6 is 0 Å². The van der Waals surface area contributed by atoms with Gasteiger partial charge in [0.05, 0.1) is 18.9 Å². The van der Waals surface area contributed by atoms with E-state index in [0.717, 1.165) is 12.5 Å². The van der Waals surface area contributed by atoms with Gasteiger partial charge < -0.3 is 14.1 Å². The number of anilines is 1. The van der Waals surface area contributed by atoms with Crippen LogP contribution in [0.1, 0.15) is 34.1 Å². The normalized spacial score (nSPS) is 22.2. The molecule has 0 bridgehead atoms. The number of piperidine rings is 1. The first kappa shape index (κ1) is 20.2. The van der Waals surface area contributed by atoms with Crippen LogP contribution in [0.15, 0.2) is 12.1 Å². The Morgan fingerprint density at radius 3 is 2.36 bits per heavy atom. The van der Waals surface area contributed by atoms with Gasteiger partial charge in [-0.05, 0) is 30.5 Å². The predicted molar refractivity (Wildman–Crippen MR) is 101 cm³/mol. The molecule has 0 radical (unpaired) electrons. The Balaban J connectivity index is 2.13. The number of hydrogen-bond donors (Lipinski definition) is 0. The van der Waals surface area contributed by atoms with Crippen LogP contribution in [0.25, 0.3) is 0 Å². The first-order valence-corrected chi connectivity index (χ1v) is 11.8. The van der Waals surface area contributed by atoms with Gasteiger partial charge >= 0.3 is 0 Å². The maximum absolute atomic E-state index is 14.3. The number of halogens is 2. The lowest BCUT2D eigenvalue weighted by Gasteiger charge is -2.45. The number of nitrogens with zero attached hydrogens (tertiary/aromatic N) is 1. The zero-order valence-electron chi connectivity index (χ0n) is 16.5. The lowest BCUT2D eigenvalue weighted by molar-refractivity contribution is 0.106. The third-order valence-electron chi connectivity index (χ3n) is 5.64. The maximum Gasteiger partial charge on any atom is 0.192 e. The molecule has 3 nitrogen and oxygen atoms in total. The van der Waals surface area contributed by atoms with Crippen LogP contribution in [0, 0.1) is 17.6 Å². The molecule has 0 N–H and O–H groups in total. The molecule has 0 amide bonds. The Kier molecular flexibility index (Phi) is 5.84. The van der Waals surface area contributed by atoms with E-state index in [2.05, 4.69) is 40.8 Å². The molecule has 1 aliphatic rings. The van der Waals surface area contributed by atoms with Gasteiger partial charge in [0.2, 0.25) is 0 Å². The molecule has 25 heavy (non-hydrogen) atoms. The molecule has 1 saturated heterocycles. The van der Waals surface area contributed by atoms with Crippen molar-refractivity contribution in [1.82, 2.24) is 0 Å². The Hall–Kier alpha value is -1.14. The van der Waals surface area contributed by atoms with E-state index in [1.807, 2.05) is 4.90 Å². The van der Waals surface area contributed by atoms with E-state index in [0.29, 0.717) is 18.8 Å². The third kappa shape index (κ3) is 4.34. The topological polar surface area (TPSA) is 21.7 Å². The zero-order chi connectivity index (χ0) is 19.0. The van der Waals surface area contributed by atoms with Crippen LogP contribution in [0.5, 0.6) is 5.75 Å². The highest BCUT2D eigenvalue weighted by Crippen LogP contribution is 2.40. The average molecular weight is 372 g/mol. The summed E-state index contributed by atoms with van der Waals surface area (Å²) in [6, 6.07) is 2.65. The summed E-state index contributed by atoms with van der Waals surface area (Å²) in [5.74, 6) is -1.10. The van der Waals surface area contributed by atoms with Gasteiger partial charge in [0.1, 0.15) is 5.75 Å². The van der Waals surface area contributed by atoms with Crippen LogP contribution in [-0.4, -0.2) is 34.6 Å². The van der Waals surface area contributed by atoms with Gasteiger partial charge in [-0.1, -0.05) is 27.7 Å². The summed E-state index contributed by atoms with van der Waals surface area (Å²) in [6.07, 6.45) is 0.974. The summed E-state index contributed by atoms with van der Waals surface area (Å²) in [5, 5.41) is 0.159. The van der Waals surface area contributed by atoms with Crippen LogP contribution in [0.3, 0.4) is 0 Å². The molecule has 0 aliphatic carbocycles. The van der Waals surface area contributed by atoms with Crippen LogP contribution < -0.4 is 9.64 Å². The molecule has 0 unspecified atom stereocenters. The molecule has 0 aromatic heterocycles. The third-order valence-corrected chi connectivity index (χ3v) is 10.1. The average Bonchev–Trinajstić information content (AvgIpc) is 2.50. The smallest absolute Gasteiger partial charge is 0.192 e. The summed E-state index contributed by atoms with van der Waals surface area (Å²) in [7, 11) is -0.386. The molecule has 2 atom stereocenters. The molecule has 1 aromatic carbocycles. The van der Waals surface area contributed by atoms with E-state index in [4.69, 9.17) is 9.16 Å². The largest absolute Gasteiger partial charge is 0.497 e.